The van der Waals surface area contributed by atoms with Crippen LogP contribution >= 0.6 is 22.6 Å². The SMILES string of the molecule is FC(F)C(F)C(F)C(C(F)C(F)(F)I)(C(F)(F)F)C(F)(F)F. The Balaban J connectivity index is 6.51. The Morgan fingerprint density at radius 3 is 1.14 bits per heavy atom. The van der Waals surface area contributed by atoms with Gasteiger partial charge in [0.05, 0.1) is 0 Å². The topological polar surface area (TPSA) is 0 Å². The van der Waals surface area contributed by atoms with Crippen LogP contribution in [0.3, 0.4) is 0 Å². The summed E-state index contributed by atoms with van der Waals surface area (Å²) in [4.78, 5) is 0. The second-order valence-electron chi connectivity index (χ2n) is 3.95. The second kappa shape index (κ2) is 6.37. The molecule has 0 aromatic rings. The van der Waals surface area contributed by atoms with E-state index in [4.69, 9.17) is 0 Å². The molecule has 0 amide bonds. The molecule has 22 heavy (non-hydrogen) atoms. The van der Waals surface area contributed by atoms with Crippen molar-refractivity contribution in [1.29, 1.82) is 0 Å². The molecule has 0 aliphatic heterocycles. The van der Waals surface area contributed by atoms with E-state index in [1.54, 1.807) is 0 Å². The van der Waals surface area contributed by atoms with Crippen molar-refractivity contribution in [1.82, 2.24) is 0 Å². The van der Waals surface area contributed by atoms with Crippen molar-refractivity contribution in [2.45, 2.75) is 41.2 Å². The Kier molecular flexibility index (Phi) is 6.32. The molecule has 3 unspecified atom stereocenters. The fourth-order valence-electron chi connectivity index (χ4n) is 1.54. The summed E-state index contributed by atoms with van der Waals surface area (Å²) in [5.41, 5.74) is -6.67. The predicted molar refractivity (Wildman–Crippen MR) is 54.2 cm³/mol. The van der Waals surface area contributed by atoms with Gasteiger partial charge in [-0.1, -0.05) is 0 Å². The van der Waals surface area contributed by atoms with Gasteiger partial charge in [-0.25, -0.2) is 22.0 Å². The first-order valence-corrected chi connectivity index (χ1v) is 5.90. The van der Waals surface area contributed by atoms with Crippen LogP contribution in [0.4, 0.5) is 57.1 Å². The first-order chi connectivity index (χ1) is 9.42. The Labute approximate surface area is 127 Å². The lowest BCUT2D eigenvalue weighted by Crippen LogP contribution is -2.67. The Hall–Kier alpha value is -0.180. The van der Waals surface area contributed by atoms with Gasteiger partial charge in [0, 0.05) is 22.6 Å². The van der Waals surface area contributed by atoms with Gasteiger partial charge in [0.2, 0.25) is 5.41 Å². The molecule has 0 aromatic heterocycles. The fraction of sp³-hybridized carbons (Fsp3) is 1.00. The molecule has 134 valence electrons. The quantitative estimate of drug-likeness (QED) is 0.285. The summed E-state index contributed by atoms with van der Waals surface area (Å²) in [6, 6.07) is 0. The zero-order valence-corrected chi connectivity index (χ0v) is 11.8. The van der Waals surface area contributed by atoms with E-state index >= 15 is 0 Å². The van der Waals surface area contributed by atoms with Crippen LogP contribution in [-0.2, 0) is 0 Å². The van der Waals surface area contributed by atoms with Crippen LogP contribution in [0.1, 0.15) is 0 Å². The first-order valence-electron chi connectivity index (χ1n) is 4.82. The van der Waals surface area contributed by atoms with Gasteiger partial charge in [0.1, 0.15) is 0 Å². The highest BCUT2D eigenvalue weighted by Crippen LogP contribution is 2.61. The monoisotopic (exact) mass is 474 g/mol. The van der Waals surface area contributed by atoms with Crippen molar-refractivity contribution in [2.75, 3.05) is 0 Å². The number of alkyl halides is 14. The zero-order valence-electron chi connectivity index (χ0n) is 9.60. The van der Waals surface area contributed by atoms with Crippen LogP contribution in [-0.4, -0.2) is 41.2 Å². The summed E-state index contributed by atoms with van der Waals surface area (Å²) >= 11 is -0.503. The lowest BCUT2D eigenvalue weighted by atomic mass is 9.74. The van der Waals surface area contributed by atoms with Crippen LogP contribution in [0.25, 0.3) is 0 Å². The van der Waals surface area contributed by atoms with Gasteiger partial charge in [-0.2, -0.15) is 35.1 Å². The zero-order chi connectivity index (χ0) is 18.3. The number of hydrogen-bond donors (Lipinski definition) is 0. The first kappa shape index (κ1) is 21.8. The molecule has 0 saturated heterocycles. The standard InChI is InChI=1S/C8H4F13I/c9-1(3(11)12)2(10)5(7(16,17)18,8(19,20)21)4(13)6(14,15)22/h1-4H. The summed E-state index contributed by atoms with van der Waals surface area (Å²) < 4.78 is 158. The highest BCUT2D eigenvalue weighted by atomic mass is 127. The van der Waals surface area contributed by atoms with Gasteiger partial charge in [-0.15, -0.1) is 0 Å². The third-order valence-electron chi connectivity index (χ3n) is 2.58. The van der Waals surface area contributed by atoms with E-state index in [0.29, 0.717) is 0 Å². The Bertz CT molecular complexity index is 352. The van der Waals surface area contributed by atoms with E-state index in [9.17, 15) is 57.1 Å². The van der Waals surface area contributed by atoms with E-state index in [1.165, 1.54) is 0 Å². The number of halogens is 14. The normalized spacial score (nSPS) is 19.2. The third kappa shape index (κ3) is 3.66. The van der Waals surface area contributed by atoms with Crippen molar-refractivity contribution < 1.29 is 57.1 Å². The summed E-state index contributed by atoms with van der Waals surface area (Å²) in [5, 5.41) is 0. The lowest BCUT2D eigenvalue weighted by Gasteiger charge is -2.43. The minimum atomic E-state index is -7.17. The van der Waals surface area contributed by atoms with Crippen molar-refractivity contribution in [2.24, 2.45) is 5.41 Å². The van der Waals surface area contributed by atoms with Crippen molar-refractivity contribution in [3.63, 3.8) is 0 Å². The molecule has 0 rings (SSSR count). The average Bonchev–Trinajstić information content (AvgIpc) is 2.22. The van der Waals surface area contributed by atoms with Gasteiger partial charge >= 0.3 is 16.3 Å². The van der Waals surface area contributed by atoms with E-state index in [0.717, 1.165) is 0 Å². The average molecular weight is 474 g/mol. The Morgan fingerprint density at radius 1 is 0.636 bits per heavy atom. The lowest BCUT2D eigenvalue weighted by molar-refractivity contribution is -0.391. The molecule has 3 atom stereocenters. The molecule has 0 fully saturated rings. The number of hydrogen-bond acceptors (Lipinski definition) is 0. The van der Waals surface area contributed by atoms with Crippen LogP contribution in [0.5, 0.6) is 0 Å². The highest BCUT2D eigenvalue weighted by molar-refractivity contribution is 14.1. The smallest absolute Gasteiger partial charge is 0.243 e. The van der Waals surface area contributed by atoms with E-state index in [1.807, 2.05) is 0 Å². The van der Waals surface area contributed by atoms with E-state index < -0.39 is 69.2 Å². The molecule has 0 bridgehead atoms. The number of rotatable bonds is 5. The van der Waals surface area contributed by atoms with Crippen molar-refractivity contribution >= 4 is 22.6 Å². The van der Waals surface area contributed by atoms with Crippen LogP contribution in [0.15, 0.2) is 0 Å². The van der Waals surface area contributed by atoms with Gasteiger partial charge in [-0.3, -0.25) is 0 Å². The molecule has 0 N–H and O–H groups in total. The minimum absolute atomic E-state index is 0.503. The molecular weight excluding hydrogens is 470 g/mol. The molecule has 0 heterocycles. The van der Waals surface area contributed by atoms with Crippen molar-refractivity contribution in [3.8, 4) is 0 Å². The summed E-state index contributed by atoms with van der Waals surface area (Å²) in [6.45, 7) is 0. The van der Waals surface area contributed by atoms with Gasteiger partial charge in [0.15, 0.2) is 18.5 Å². The fourth-order valence-corrected chi connectivity index (χ4v) is 2.03. The molecule has 0 aliphatic carbocycles. The maximum atomic E-state index is 13.3. The molecule has 0 nitrogen and oxygen atoms in total. The predicted octanol–water partition coefficient (Wildman–Crippen LogP) is 5.40. The summed E-state index contributed by atoms with van der Waals surface area (Å²) in [6.07, 6.45) is -34.6. The maximum Gasteiger partial charge on any atom is 0.409 e. The van der Waals surface area contributed by atoms with Gasteiger partial charge < -0.3 is 0 Å². The largest absolute Gasteiger partial charge is 0.409 e. The Morgan fingerprint density at radius 2 is 0.955 bits per heavy atom. The van der Waals surface area contributed by atoms with E-state index in [-0.39, 0.29) is 0 Å². The summed E-state index contributed by atoms with van der Waals surface area (Å²) in [7, 11) is 0. The molecule has 0 radical (unpaired) electrons. The minimum Gasteiger partial charge on any atom is -0.243 e. The van der Waals surface area contributed by atoms with Crippen molar-refractivity contribution in [3.05, 3.63) is 0 Å². The van der Waals surface area contributed by atoms with Gasteiger partial charge in [0.25, 0.3) is 6.43 Å². The molecule has 14 heteroatoms. The highest BCUT2D eigenvalue weighted by Gasteiger charge is 2.84. The van der Waals surface area contributed by atoms with E-state index in [2.05, 4.69) is 0 Å². The molecule has 0 saturated carbocycles. The summed E-state index contributed by atoms with van der Waals surface area (Å²) in [5.74, 6) is 0. The van der Waals surface area contributed by atoms with Crippen LogP contribution < -0.4 is 0 Å². The van der Waals surface area contributed by atoms with Crippen LogP contribution in [0, 0.1) is 5.41 Å². The van der Waals surface area contributed by atoms with Crippen LogP contribution in [0.2, 0.25) is 0 Å². The molecule has 0 aromatic carbocycles. The molecule has 0 aliphatic rings. The molecule has 0 spiro atoms. The second-order valence-corrected chi connectivity index (χ2v) is 5.39. The third-order valence-corrected chi connectivity index (χ3v) is 3.13. The van der Waals surface area contributed by atoms with Gasteiger partial charge in [-0.05, 0) is 0 Å². The molecular formula is C8H4F13I. The maximum absolute atomic E-state index is 13.3.